The zero-order valence-electron chi connectivity index (χ0n) is 50.8. The molecule has 2 aromatic rings. The molecule has 0 spiro atoms. The topological polar surface area (TPSA) is 352 Å². The maximum atomic E-state index is 13.6. The highest BCUT2D eigenvalue weighted by Crippen LogP contribution is 2.31. The van der Waals surface area contributed by atoms with Crippen LogP contribution in [0.4, 0.5) is 16.2 Å². The normalized spacial score (nSPS) is 11.5. The van der Waals surface area contributed by atoms with E-state index in [1.807, 2.05) is 0 Å². The van der Waals surface area contributed by atoms with E-state index in [1.165, 1.54) is 0 Å². The lowest BCUT2D eigenvalue weighted by Gasteiger charge is -2.35. The van der Waals surface area contributed by atoms with Crippen LogP contribution in [0, 0.1) is 35.5 Å². The fraction of sp³-hybridized carbons (Fsp3) is 0.359. The number of anilines is 2. The number of amides is 2. The molecule has 0 saturated heterocycles. The van der Waals surface area contributed by atoms with Crippen molar-refractivity contribution in [1.29, 1.82) is 0 Å². The van der Waals surface area contributed by atoms with Gasteiger partial charge in [-0.2, -0.15) is 0 Å². The number of hydrogen-bond donors (Lipinski definition) is 3. The lowest BCUT2D eigenvalue weighted by atomic mass is 9.90. The number of nitrogens with one attached hydrogen (secondary N) is 2. The highest BCUT2D eigenvalue weighted by atomic mass is 16.6. The predicted molar refractivity (Wildman–Crippen MR) is 325 cm³/mol. The number of carbonyl (C=O) groups excluding carboxylic acids is 11. The van der Waals surface area contributed by atoms with Gasteiger partial charge < -0.3 is 72.0 Å². The van der Waals surface area contributed by atoms with Crippen molar-refractivity contribution in [1.82, 2.24) is 0 Å². The van der Waals surface area contributed by atoms with Crippen molar-refractivity contribution in [2.75, 3.05) is 123 Å². The summed E-state index contributed by atoms with van der Waals surface area (Å²) >= 11 is 0. The minimum atomic E-state index is -1.70. The minimum absolute atomic E-state index is 0.294. The van der Waals surface area contributed by atoms with Gasteiger partial charge in [-0.25, -0.2) is 47.9 Å². The summed E-state index contributed by atoms with van der Waals surface area (Å²) in [6.07, 6.45) is 6.78. The van der Waals surface area contributed by atoms with Gasteiger partial charge in [0.15, 0.2) is 0 Å². The molecule has 0 aromatic heterocycles. The van der Waals surface area contributed by atoms with Crippen LogP contribution in [0.2, 0.25) is 0 Å². The van der Waals surface area contributed by atoms with Gasteiger partial charge in [0.1, 0.15) is 72.7 Å². The van der Waals surface area contributed by atoms with E-state index in [0.29, 0.717) is 33.6 Å². The predicted octanol–water partition coefficient (Wildman–Crippen LogP) is 5.01. The van der Waals surface area contributed by atoms with Gasteiger partial charge in [0.25, 0.3) is 0 Å². The highest BCUT2D eigenvalue weighted by molar-refractivity contribution is 5.93. The fourth-order valence-corrected chi connectivity index (χ4v) is 7.41. The molecule has 0 bridgehead atoms. The molecule has 0 saturated carbocycles. The van der Waals surface area contributed by atoms with Crippen molar-refractivity contribution in [3.8, 4) is 11.1 Å². The van der Waals surface area contributed by atoms with Crippen LogP contribution in [0.3, 0.4) is 0 Å². The van der Waals surface area contributed by atoms with E-state index in [0.717, 1.165) is 54.7 Å². The Kier molecular flexibility index (Phi) is 33.6. The molecule has 2 aromatic carbocycles. The van der Waals surface area contributed by atoms with E-state index in [9.17, 15) is 57.8 Å². The molecule has 0 heterocycles. The molecule has 0 aliphatic rings. The van der Waals surface area contributed by atoms with Gasteiger partial charge in [0.2, 0.25) is 5.91 Å². The van der Waals surface area contributed by atoms with Crippen LogP contribution in [-0.2, 0) is 110 Å². The lowest BCUT2D eigenvalue weighted by molar-refractivity contribution is -0.169. The summed E-state index contributed by atoms with van der Waals surface area (Å²) in [7, 11) is 0. The van der Waals surface area contributed by atoms with Crippen LogP contribution in [0.1, 0.15) is 11.1 Å². The second-order valence-corrected chi connectivity index (χ2v) is 20.3. The van der Waals surface area contributed by atoms with Crippen molar-refractivity contribution in [3.05, 3.63) is 161 Å². The monoisotopic (exact) mass is 1270 g/mol. The van der Waals surface area contributed by atoms with Gasteiger partial charge in [0.05, 0.1) is 61.3 Å². The van der Waals surface area contributed by atoms with Gasteiger partial charge in [0, 0.05) is 66.1 Å². The average molecular weight is 1270 g/mol. The Balaban J connectivity index is 2.35. The Labute approximate surface area is 525 Å². The molecule has 91 heavy (non-hydrogen) atoms. The summed E-state index contributed by atoms with van der Waals surface area (Å²) < 4.78 is 70.9. The maximum absolute atomic E-state index is 13.6. The van der Waals surface area contributed by atoms with Crippen LogP contribution in [0.15, 0.2) is 150 Å². The van der Waals surface area contributed by atoms with Crippen LogP contribution >= 0.6 is 0 Å². The van der Waals surface area contributed by atoms with Crippen molar-refractivity contribution < 1.29 is 119 Å². The molecule has 2 rings (SSSR count). The minimum Gasteiger partial charge on any atom is -0.462 e. The Morgan fingerprint density at radius 3 is 0.857 bits per heavy atom. The second kappa shape index (κ2) is 39.7. The number of hydrogen-bond acceptors (Lipinski definition) is 25. The number of ether oxygens (including phenoxy) is 13. The lowest BCUT2D eigenvalue weighted by Crippen LogP contribution is -2.47. The quantitative estimate of drug-likeness (QED) is 0.0446. The van der Waals surface area contributed by atoms with Crippen molar-refractivity contribution in [3.63, 3.8) is 0 Å². The van der Waals surface area contributed by atoms with E-state index in [2.05, 4.69) is 69.8 Å². The van der Waals surface area contributed by atoms with Crippen LogP contribution < -0.4 is 10.6 Å². The molecule has 2 amide bonds. The first-order chi connectivity index (χ1) is 43.3. The van der Waals surface area contributed by atoms with Crippen LogP contribution in [0.5, 0.6) is 0 Å². The summed E-state index contributed by atoms with van der Waals surface area (Å²) in [4.78, 5) is 137. The molecule has 0 aliphatic carbocycles. The largest absolute Gasteiger partial charge is 0.462 e. The van der Waals surface area contributed by atoms with Crippen LogP contribution in [-0.4, -0.2) is 183 Å². The van der Waals surface area contributed by atoms with E-state index < -0.39 is 200 Å². The first kappa shape index (κ1) is 77.0. The van der Waals surface area contributed by atoms with E-state index in [-0.39, 0.29) is 0 Å². The molecule has 0 fully saturated rings. The van der Waals surface area contributed by atoms with Gasteiger partial charge in [-0.1, -0.05) is 71.3 Å². The average Bonchev–Trinajstić information content (AvgIpc) is 1.01. The summed E-state index contributed by atoms with van der Waals surface area (Å²) in [6.45, 7) is 24.3. The summed E-state index contributed by atoms with van der Waals surface area (Å²) in [5.41, 5.74) is -3.17. The van der Waals surface area contributed by atoms with Gasteiger partial charge in [-0.15, -0.1) is 0 Å². The summed E-state index contributed by atoms with van der Waals surface area (Å²) in [5.74, 6) is -8.60. The maximum Gasteiger partial charge on any atom is 0.411 e. The Bertz CT molecular complexity index is 2870. The number of aliphatic hydroxyl groups excluding tert-OH is 1. The molecule has 27 nitrogen and oxygen atoms in total. The molecule has 1 unspecified atom stereocenters. The molecule has 0 radical (unpaired) electrons. The zero-order valence-corrected chi connectivity index (χ0v) is 50.8. The first-order valence-corrected chi connectivity index (χ1v) is 27.2. The van der Waals surface area contributed by atoms with Gasteiger partial charge >= 0.3 is 59.8 Å². The Morgan fingerprint density at radius 2 is 0.593 bits per heavy atom. The molecule has 27 heteroatoms. The molecule has 3 N–H and O–H groups in total. The molecule has 1 atom stereocenters. The molecule has 0 aliphatic heterocycles. The van der Waals surface area contributed by atoms with E-state index in [4.69, 9.17) is 61.6 Å². The summed E-state index contributed by atoms with van der Waals surface area (Å²) in [6, 6.07) is 10.2. The number of benzene rings is 2. The summed E-state index contributed by atoms with van der Waals surface area (Å²) in [5, 5.41) is 16.1. The van der Waals surface area contributed by atoms with Crippen molar-refractivity contribution in [2.45, 2.75) is 13.8 Å². The van der Waals surface area contributed by atoms with E-state index in [1.54, 1.807) is 50.2 Å². The number of aliphatic hydroxyl groups is 1. The van der Waals surface area contributed by atoms with Crippen molar-refractivity contribution in [2.24, 2.45) is 21.7 Å². The number of rotatable bonds is 45. The zero-order chi connectivity index (χ0) is 68.0. The van der Waals surface area contributed by atoms with Gasteiger partial charge in [-0.05, 0) is 60.4 Å². The first-order valence-electron chi connectivity index (χ1n) is 27.2. The third-order valence-electron chi connectivity index (χ3n) is 12.6. The Morgan fingerprint density at radius 1 is 0.352 bits per heavy atom. The third kappa shape index (κ3) is 27.9. The van der Waals surface area contributed by atoms with Gasteiger partial charge in [-0.3, -0.25) is 10.1 Å². The highest BCUT2D eigenvalue weighted by Gasteiger charge is 2.42. The molecular weight excluding hydrogens is 1200 g/mol. The third-order valence-corrected chi connectivity index (χ3v) is 12.6. The van der Waals surface area contributed by atoms with E-state index >= 15 is 0 Å². The molecular formula is C64H76N2O25. The Hall–Kier alpha value is -10.1. The second-order valence-electron chi connectivity index (χ2n) is 20.3. The van der Waals surface area contributed by atoms with Crippen molar-refractivity contribution >= 4 is 77.1 Å². The smallest absolute Gasteiger partial charge is 0.411 e. The molecule has 492 valence electrons. The number of esters is 9. The number of carbonyl (C=O) groups is 11. The standard InChI is InChI=1S/C64H76N2O25/c1-12-51(69)82-34-61(28-67,30-80-31-62(35-83-52(70)13-2,36-84-53(71)14-3)37-85-54(72)15-4)29-79-27-50(68)65-48-23-21-46(25-44(48)10)47-22-24-49(45(11)26-47)66-60(78)91-43-64(41-89-58(76)19-8,42-90-59(77)20-9)33-81-32-63(38-86-55(73)16-5,39-87-56(74)17-6)40-88-57(75)18-7/h12-26,67H,1-9,27-43H2,10-11H3,(H,65,68)(H,66,78). The fourth-order valence-electron chi connectivity index (χ4n) is 7.41. The van der Waals surface area contributed by atoms with Crippen LogP contribution in [0.25, 0.3) is 11.1 Å². The SMILES string of the molecule is C=CC(=O)OCC(CO)(COCC(=O)Nc1ccc(-c2ccc(NC(=O)OCC(COCC(COC(=O)C=C)(COC(=O)C=C)COC(=O)C=C)(COC(=O)C=C)COC(=O)C=C)c(C)c2)cc1C)COCC(COC(=O)C=C)(COC(=O)C=C)COC(=O)C=C. The number of aryl methyl sites for hydroxylation is 2.